The Hall–Kier alpha value is -7.49. The van der Waals surface area contributed by atoms with Gasteiger partial charge in [-0.15, -0.1) is 0 Å². The number of benzene rings is 8. The molecule has 0 aliphatic heterocycles. The molecule has 0 saturated carbocycles. The van der Waals surface area contributed by atoms with Gasteiger partial charge >= 0.3 is 0 Å². The summed E-state index contributed by atoms with van der Waals surface area (Å²) in [6.45, 7) is 4.70. The predicted octanol–water partition coefficient (Wildman–Crippen LogP) is 15.0. The first-order valence-corrected chi connectivity index (χ1v) is 20.4. The van der Waals surface area contributed by atoms with Crippen molar-refractivity contribution in [3.8, 4) is 50.2 Å². The van der Waals surface area contributed by atoms with Crippen molar-refractivity contribution in [2.45, 2.75) is 19.3 Å². The average Bonchev–Trinajstić information content (AvgIpc) is 3.75. The second kappa shape index (κ2) is 13.9. The minimum atomic E-state index is -0.103. The molecule has 8 aromatic carbocycles. The van der Waals surface area contributed by atoms with Gasteiger partial charge in [-0.25, -0.2) is 0 Å². The van der Waals surface area contributed by atoms with Gasteiger partial charge in [-0.1, -0.05) is 153 Å². The maximum atomic E-state index is 4.78. The molecule has 3 heteroatoms. The van der Waals surface area contributed by atoms with Gasteiger partial charge in [-0.3, -0.25) is 4.98 Å². The Labute approximate surface area is 345 Å². The monoisotopic (exact) mass is 755 g/mol. The molecule has 0 amide bonds. The summed E-state index contributed by atoms with van der Waals surface area (Å²) in [6.07, 6.45) is 4.02. The number of aromatic nitrogens is 2. The standard InChI is InChI=1S/C56H41N3/c1-56(2)52-21-13-12-20-47(52)48-32-31-46(35-53(48)56)58(44-27-22-39(23-28-44)38-14-6-3-7-15-38)45-29-24-40(25-30-45)42-26-33-54-49(34-42)51-37-57-36-50(41-16-8-4-9-17-41)55(51)59(54)43-18-10-5-11-19-43/h3-37H,1-2H3. The molecule has 0 N–H and O–H groups in total. The van der Waals surface area contributed by atoms with Gasteiger partial charge in [0.1, 0.15) is 0 Å². The van der Waals surface area contributed by atoms with Crippen LogP contribution in [0, 0.1) is 0 Å². The highest BCUT2D eigenvalue weighted by atomic mass is 15.1. The summed E-state index contributed by atoms with van der Waals surface area (Å²) < 4.78 is 2.39. The summed E-state index contributed by atoms with van der Waals surface area (Å²) in [4.78, 5) is 7.18. The zero-order chi connectivity index (χ0) is 39.5. The Morgan fingerprint density at radius 2 is 0.949 bits per heavy atom. The van der Waals surface area contributed by atoms with Crippen molar-refractivity contribution in [1.29, 1.82) is 0 Å². The zero-order valence-corrected chi connectivity index (χ0v) is 33.0. The Morgan fingerprint density at radius 3 is 1.64 bits per heavy atom. The normalized spacial score (nSPS) is 12.7. The van der Waals surface area contributed by atoms with E-state index in [1.165, 1.54) is 38.8 Å². The SMILES string of the molecule is CC1(C)c2ccccc2-c2ccc(N(c3ccc(-c4ccccc4)cc3)c3ccc(-c4ccc5c(c4)c4cncc(-c6ccccc6)c4n5-c4ccccc4)cc3)cc21. The van der Waals surface area contributed by atoms with Gasteiger partial charge < -0.3 is 9.47 Å². The van der Waals surface area contributed by atoms with Gasteiger partial charge in [-0.05, 0) is 111 Å². The lowest BCUT2D eigenvalue weighted by molar-refractivity contribution is 0.660. The molecule has 10 aromatic rings. The van der Waals surface area contributed by atoms with Gasteiger partial charge in [0.2, 0.25) is 0 Å². The van der Waals surface area contributed by atoms with Crippen LogP contribution in [0.25, 0.3) is 72.0 Å². The summed E-state index contributed by atoms with van der Waals surface area (Å²) >= 11 is 0. The van der Waals surface area contributed by atoms with Crippen LogP contribution in [0.2, 0.25) is 0 Å². The van der Waals surface area contributed by atoms with Crippen LogP contribution in [0.15, 0.2) is 213 Å². The van der Waals surface area contributed by atoms with Crippen LogP contribution in [0.3, 0.4) is 0 Å². The number of para-hydroxylation sites is 1. The van der Waals surface area contributed by atoms with E-state index in [0.717, 1.165) is 61.4 Å². The number of hydrogen-bond acceptors (Lipinski definition) is 2. The molecular weight excluding hydrogens is 715 g/mol. The minimum Gasteiger partial charge on any atom is -0.310 e. The van der Waals surface area contributed by atoms with E-state index in [9.17, 15) is 0 Å². The van der Waals surface area contributed by atoms with Crippen LogP contribution in [0.1, 0.15) is 25.0 Å². The molecule has 0 radical (unpaired) electrons. The van der Waals surface area contributed by atoms with E-state index in [4.69, 9.17) is 4.98 Å². The third-order valence-corrected chi connectivity index (χ3v) is 12.3. The fourth-order valence-corrected chi connectivity index (χ4v) is 9.33. The largest absolute Gasteiger partial charge is 0.310 e. The van der Waals surface area contributed by atoms with Gasteiger partial charge in [0.25, 0.3) is 0 Å². The topological polar surface area (TPSA) is 21.1 Å². The third-order valence-electron chi connectivity index (χ3n) is 12.3. The number of hydrogen-bond donors (Lipinski definition) is 0. The molecular formula is C56H41N3. The maximum absolute atomic E-state index is 4.78. The van der Waals surface area contributed by atoms with Gasteiger partial charge in [-0.2, -0.15) is 0 Å². The zero-order valence-electron chi connectivity index (χ0n) is 33.0. The maximum Gasteiger partial charge on any atom is 0.0650 e. The van der Waals surface area contributed by atoms with Crippen LogP contribution in [-0.4, -0.2) is 9.55 Å². The van der Waals surface area contributed by atoms with E-state index >= 15 is 0 Å². The fraction of sp³-hybridized carbons (Fsp3) is 0.0536. The van der Waals surface area contributed by atoms with Crippen molar-refractivity contribution in [3.63, 3.8) is 0 Å². The molecule has 280 valence electrons. The van der Waals surface area contributed by atoms with E-state index in [1.807, 2.05) is 12.4 Å². The van der Waals surface area contributed by atoms with Crippen molar-refractivity contribution >= 4 is 38.9 Å². The molecule has 11 rings (SSSR count). The number of fused-ring (bicyclic) bond motifs is 6. The van der Waals surface area contributed by atoms with Gasteiger partial charge in [0.15, 0.2) is 0 Å². The molecule has 1 aliphatic rings. The van der Waals surface area contributed by atoms with Crippen LogP contribution in [0.5, 0.6) is 0 Å². The van der Waals surface area contributed by atoms with Gasteiger partial charge in [0.05, 0.1) is 11.0 Å². The molecule has 2 heterocycles. The lowest BCUT2D eigenvalue weighted by Crippen LogP contribution is -2.16. The summed E-state index contributed by atoms with van der Waals surface area (Å²) in [5.74, 6) is 0. The quantitative estimate of drug-likeness (QED) is 0.162. The summed E-state index contributed by atoms with van der Waals surface area (Å²) in [5, 5.41) is 2.31. The van der Waals surface area contributed by atoms with E-state index < -0.39 is 0 Å². The molecule has 2 aromatic heterocycles. The molecule has 0 unspecified atom stereocenters. The molecule has 3 nitrogen and oxygen atoms in total. The Morgan fingerprint density at radius 1 is 0.407 bits per heavy atom. The van der Waals surface area contributed by atoms with E-state index in [-0.39, 0.29) is 5.41 Å². The summed E-state index contributed by atoms with van der Waals surface area (Å²) in [5.41, 5.74) is 19.1. The minimum absolute atomic E-state index is 0.103. The van der Waals surface area contributed by atoms with Crippen LogP contribution in [-0.2, 0) is 5.41 Å². The van der Waals surface area contributed by atoms with Crippen LogP contribution >= 0.6 is 0 Å². The van der Waals surface area contributed by atoms with Crippen LogP contribution in [0.4, 0.5) is 17.1 Å². The van der Waals surface area contributed by atoms with Gasteiger partial charge in [0, 0.05) is 56.9 Å². The Balaban J connectivity index is 1.02. The predicted molar refractivity (Wildman–Crippen MR) is 247 cm³/mol. The molecule has 0 bridgehead atoms. The molecule has 59 heavy (non-hydrogen) atoms. The highest BCUT2D eigenvalue weighted by Crippen LogP contribution is 2.51. The van der Waals surface area contributed by atoms with E-state index in [1.54, 1.807) is 0 Å². The molecule has 0 fully saturated rings. The highest BCUT2D eigenvalue weighted by molar-refractivity contribution is 6.14. The summed E-state index contributed by atoms with van der Waals surface area (Å²) in [7, 11) is 0. The lowest BCUT2D eigenvalue weighted by Gasteiger charge is -2.28. The van der Waals surface area contributed by atoms with Crippen molar-refractivity contribution in [3.05, 3.63) is 224 Å². The van der Waals surface area contributed by atoms with Crippen molar-refractivity contribution < 1.29 is 0 Å². The smallest absolute Gasteiger partial charge is 0.0650 e. The Bertz CT molecular complexity index is 3140. The van der Waals surface area contributed by atoms with Crippen molar-refractivity contribution in [2.75, 3.05) is 4.90 Å². The summed E-state index contributed by atoms with van der Waals surface area (Å²) in [6, 6.07) is 72.6. The molecule has 1 aliphatic carbocycles. The fourth-order valence-electron chi connectivity index (χ4n) is 9.33. The number of rotatable bonds is 7. The number of pyridine rings is 1. The first-order valence-electron chi connectivity index (χ1n) is 20.4. The number of nitrogens with zero attached hydrogens (tertiary/aromatic N) is 3. The molecule has 0 atom stereocenters. The second-order valence-corrected chi connectivity index (χ2v) is 16.0. The first-order chi connectivity index (χ1) is 29.0. The van der Waals surface area contributed by atoms with Crippen molar-refractivity contribution in [1.82, 2.24) is 9.55 Å². The van der Waals surface area contributed by atoms with Crippen LogP contribution < -0.4 is 4.90 Å². The lowest BCUT2D eigenvalue weighted by atomic mass is 9.82. The molecule has 0 spiro atoms. The highest BCUT2D eigenvalue weighted by Gasteiger charge is 2.35. The number of anilines is 3. The second-order valence-electron chi connectivity index (χ2n) is 16.0. The van der Waals surface area contributed by atoms with E-state index in [2.05, 4.69) is 224 Å². The Kier molecular flexibility index (Phi) is 8.16. The van der Waals surface area contributed by atoms with Crippen molar-refractivity contribution in [2.24, 2.45) is 0 Å². The average molecular weight is 756 g/mol. The third kappa shape index (κ3) is 5.77. The van der Waals surface area contributed by atoms with E-state index in [0.29, 0.717) is 0 Å². The first kappa shape index (κ1) is 34.7. The molecule has 0 saturated heterocycles.